The maximum atomic E-state index is 13.3. The van der Waals surface area contributed by atoms with Gasteiger partial charge in [-0.05, 0) is 41.2 Å². The summed E-state index contributed by atoms with van der Waals surface area (Å²) in [4.78, 5) is 2.31. The van der Waals surface area contributed by atoms with Crippen molar-refractivity contribution in [3.8, 4) is 0 Å². The predicted octanol–water partition coefficient (Wildman–Crippen LogP) is 3.78. The second kappa shape index (κ2) is 5.12. The van der Waals surface area contributed by atoms with Crippen LogP contribution in [0, 0.1) is 17.2 Å². The zero-order valence-electron chi connectivity index (χ0n) is 11.4. The third kappa shape index (κ3) is 2.82. The Labute approximate surface area is 115 Å². The third-order valence-corrected chi connectivity index (χ3v) is 4.37. The van der Waals surface area contributed by atoms with Gasteiger partial charge in [0.05, 0.1) is 0 Å². The summed E-state index contributed by atoms with van der Waals surface area (Å²) in [5.74, 6) is 1.24. The number of rotatable bonds is 3. The molecule has 1 aliphatic rings. The Morgan fingerprint density at radius 3 is 2.72 bits per heavy atom. The number of halogens is 1. The molecule has 1 heterocycles. The first kappa shape index (κ1) is 13.7. The molecule has 0 bridgehead atoms. The van der Waals surface area contributed by atoms with Gasteiger partial charge in [-0.2, -0.15) is 12.6 Å². The topological polar surface area (TPSA) is 3.24 Å². The van der Waals surface area contributed by atoms with Gasteiger partial charge in [0, 0.05) is 18.8 Å². The van der Waals surface area contributed by atoms with E-state index in [-0.39, 0.29) is 11.2 Å². The van der Waals surface area contributed by atoms with Crippen LogP contribution in [0.25, 0.3) is 0 Å². The zero-order valence-corrected chi connectivity index (χ0v) is 12.3. The van der Waals surface area contributed by atoms with E-state index in [4.69, 9.17) is 0 Å². The molecular weight excluding hydrogens is 245 g/mol. The van der Waals surface area contributed by atoms with Crippen LogP contribution in [-0.2, 0) is 6.42 Å². The van der Waals surface area contributed by atoms with Crippen molar-refractivity contribution in [2.45, 2.75) is 27.2 Å². The van der Waals surface area contributed by atoms with E-state index in [1.54, 1.807) is 12.1 Å². The van der Waals surface area contributed by atoms with Crippen LogP contribution in [-0.4, -0.2) is 18.8 Å². The van der Waals surface area contributed by atoms with Crippen molar-refractivity contribution in [1.29, 1.82) is 0 Å². The second-order valence-electron chi connectivity index (χ2n) is 6.21. The van der Waals surface area contributed by atoms with Gasteiger partial charge in [-0.3, -0.25) is 0 Å². The van der Waals surface area contributed by atoms with Crippen molar-refractivity contribution >= 4 is 18.3 Å². The Bertz CT molecular complexity index is 425. The average Bonchev–Trinajstić information content (AvgIpc) is 2.66. The number of anilines is 1. The molecule has 100 valence electrons. The molecule has 1 nitrogen and oxygen atoms in total. The van der Waals surface area contributed by atoms with Crippen LogP contribution in [0.15, 0.2) is 18.2 Å². The highest BCUT2D eigenvalue weighted by molar-refractivity contribution is 7.80. The minimum absolute atomic E-state index is 0.140. The fraction of sp³-hybridized carbons (Fsp3) is 0.600. The van der Waals surface area contributed by atoms with Gasteiger partial charge in [-0.1, -0.05) is 26.8 Å². The first-order valence-corrected chi connectivity index (χ1v) is 7.19. The fourth-order valence-electron chi connectivity index (χ4n) is 2.48. The molecule has 3 heteroatoms. The van der Waals surface area contributed by atoms with Gasteiger partial charge in [0.25, 0.3) is 0 Å². The van der Waals surface area contributed by atoms with Crippen molar-refractivity contribution in [2.24, 2.45) is 11.3 Å². The number of hydrogen-bond donors (Lipinski definition) is 1. The Morgan fingerprint density at radius 1 is 1.39 bits per heavy atom. The monoisotopic (exact) mass is 267 g/mol. The van der Waals surface area contributed by atoms with E-state index in [1.165, 1.54) is 5.56 Å². The van der Waals surface area contributed by atoms with Gasteiger partial charge in [-0.15, -0.1) is 0 Å². The lowest BCUT2D eigenvalue weighted by Gasteiger charge is -2.34. The van der Waals surface area contributed by atoms with Crippen LogP contribution < -0.4 is 4.90 Å². The van der Waals surface area contributed by atoms with Gasteiger partial charge >= 0.3 is 0 Å². The van der Waals surface area contributed by atoms with Crippen LogP contribution in [0.5, 0.6) is 0 Å². The molecule has 1 aromatic rings. The van der Waals surface area contributed by atoms with E-state index in [2.05, 4.69) is 38.3 Å². The van der Waals surface area contributed by atoms with Crippen molar-refractivity contribution in [1.82, 2.24) is 0 Å². The van der Waals surface area contributed by atoms with Gasteiger partial charge in [0.15, 0.2) is 0 Å². The van der Waals surface area contributed by atoms with E-state index in [1.807, 2.05) is 6.07 Å². The maximum Gasteiger partial charge on any atom is 0.125 e. The Kier molecular flexibility index (Phi) is 3.90. The van der Waals surface area contributed by atoms with Gasteiger partial charge in [0.1, 0.15) is 5.82 Å². The largest absolute Gasteiger partial charge is 0.371 e. The average molecular weight is 267 g/mol. The highest BCUT2D eigenvalue weighted by atomic mass is 32.1. The smallest absolute Gasteiger partial charge is 0.125 e. The predicted molar refractivity (Wildman–Crippen MR) is 79.1 cm³/mol. The molecule has 1 aromatic carbocycles. The van der Waals surface area contributed by atoms with Crippen LogP contribution in [0.4, 0.5) is 10.1 Å². The van der Waals surface area contributed by atoms with Crippen molar-refractivity contribution in [3.05, 3.63) is 29.6 Å². The second-order valence-corrected chi connectivity index (χ2v) is 6.58. The Hall–Kier alpha value is -0.700. The van der Waals surface area contributed by atoms with Crippen molar-refractivity contribution in [3.63, 3.8) is 0 Å². The fourth-order valence-corrected chi connectivity index (χ4v) is 3.14. The summed E-state index contributed by atoms with van der Waals surface area (Å²) in [7, 11) is 0. The lowest BCUT2D eigenvalue weighted by molar-refractivity contribution is 0.270. The quantitative estimate of drug-likeness (QED) is 0.816. The summed E-state index contributed by atoms with van der Waals surface area (Å²) in [6.45, 7) is 8.70. The summed E-state index contributed by atoms with van der Waals surface area (Å²) in [6, 6.07) is 5.14. The first-order chi connectivity index (χ1) is 8.41. The molecule has 0 fully saturated rings. The minimum Gasteiger partial charge on any atom is -0.371 e. The van der Waals surface area contributed by atoms with E-state index >= 15 is 0 Å². The normalized spacial score (nSPS) is 16.8. The first-order valence-electron chi connectivity index (χ1n) is 6.56. The highest BCUT2D eigenvalue weighted by Crippen LogP contribution is 2.33. The molecule has 0 N–H and O–H groups in total. The molecule has 0 saturated heterocycles. The summed E-state index contributed by atoms with van der Waals surface area (Å²) in [5, 5.41) is 0. The number of fused-ring (bicyclic) bond motifs is 1. The highest BCUT2D eigenvalue weighted by Gasteiger charge is 2.28. The van der Waals surface area contributed by atoms with E-state index in [9.17, 15) is 4.39 Å². The van der Waals surface area contributed by atoms with Gasteiger partial charge in [0.2, 0.25) is 0 Å². The molecule has 1 aliphatic heterocycles. The Morgan fingerprint density at radius 2 is 2.11 bits per heavy atom. The number of thiol groups is 1. The van der Waals surface area contributed by atoms with E-state index < -0.39 is 0 Å². The lowest BCUT2D eigenvalue weighted by Crippen LogP contribution is -2.35. The molecule has 0 radical (unpaired) electrons. The molecule has 1 unspecified atom stereocenters. The van der Waals surface area contributed by atoms with Crippen molar-refractivity contribution in [2.75, 3.05) is 23.7 Å². The molecule has 0 spiro atoms. The Balaban J connectivity index is 2.16. The minimum atomic E-state index is -0.140. The summed E-state index contributed by atoms with van der Waals surface area (Å²) in [6.07, 6.45) is 1.03. The molecule has 1 atom stereocenters. The van der Waals surface area contributed by atoms with Crippen LogP contribution in [0.2, 0.25) is 0 Å². The van der Waals surface area contributed by atoms with Gasteiger partial charge in [-0.25, -0.2) is 4.39 Å². The third-order valence-electron chi connectivity index (χ3n) is 3.92. The summed E-state index contributed by atoms with van der Waals surface area (Å²) in [5.41, 5.74) is 2.58. The summed E-state index contributed by atoms with van der Waals surface area (Å²) >= 11 is 4.47. The van der Waals surface area contributed by atoms with Crippen LogP contribution >= 0.6 is 12.6 Å². The molecule has 18 heavy (non-hydrogen) atoms. The number of hydrogen-bond acceptors (Lipinski definition) is 2. The molecule has 0 aliphatic carbocycles. The maximum absolute atomic E-state index is 13.3. The van der Waals surface area contributed by atoms with Crippen LogP contribution in [0.1, 0.15) is 26.3 Å². The molecule has 0 saturated carbocycles. The molecular formula is C15H22FNS. The van der Waals surface area contributed by atoms with Crippen molar-refractivity contribution < 1.29 is 4.39 Å². The van der Waals surface area contributed by atoms with Crippen LogP contribution in [0.3, 0.4) is 0 Å². The van der Waals surface area contributed by atoms with E-state index in [0.29, 0.717) is 5.92 Å². The van der Waals surface area contributed by atoms with E-state index in [0.717, 1.165) is 31.0 Å². The SMILES string of the molecule is CC(C)(C)C(CS)CN1CCc2ccc(F)cc21. The number of nitrogens with zero attached hydrogens (tertiary/aromatic N) is 1. The summed E-state index contributed by atoms with van der Waals surface area (Å²) < 4.78 is 13.3. The van der Waals surface area contributed by atoms with Gasteiger partial charge < -0.3 is 4.90 Å². The zero-order chi connectivity index (χ0) is 13.3. The molecule has 2 rings (SSSR count). The molecule has 0 aromatic heterocycles. The standard InChI is InChI=1S/C15H22FNS/c1-15(2,3)12(10-18)9-17-7-6-11-4-5-13(16)8-14(11)17/h4-5,8,12,18H,6-7,9-10H2,1-3H3. The number of benzene rings is 1. The molecule has 0 amide bonds. The lowest BCUT2D eigenvalue weighted by atomic mass is 9.81.